The van der Waals surface area contributed by atoms with Crippen molar-refractivity contribution >= 4 is 16.0 Å². The number of methoxy groups -OCH3 is 1. The van der Waals surface area contributed by atoms with Crippen molar-refractivity contribution in [2.45, 2.75) is 45.6 Å². The maximum absolute atomic E-state index is 12.6. The smallest absolute Gasteiger partial charge is 0.339 e. The van der Waals surface area contributed by atoms with Crippen molar-refractivity contribution in [2.24, 2.45) is 11.8 Å². The Balaban J connectivity index is 2.18. The molecule has 0 radical (unpaired) electrons. The average molecular weight is 434 g/mol. The second kappa shape index (κ2) is 10.5. The van der Waals surface area contributed by atoms with Crippen molar-refractivity contribution in [3.05, 3.63) is 54.1 Å². The Morgan fingerprint density at radius 2 is 1.63 bits per heavy atom. The molecule has 0 aromatic heterocycles. The fourth-order valence-corrected chi connectivity index (χ4v) is 3.93. The van der Waals surface area contributed by atoms with E-state index in [1.54, 1.807) is 30.3 Å². The molecule has 0 bridgehead atoms. The van der Waals surface area contributed by atoms with Crippen molar-refractivity contribution in [2.75, 3.05) is 13.7 Å². The highest BCUT2D eigenvalue weighted by atomic mass is 32.2. The lowest BCUT2D eigenvalue weighted by molar-refractivity contribution is -0.133. The van der Waals surface area contributed by atoms with E-state index >= 15 is 0 Å². The van der Waals surface area contributed by atoms with E-state index in [2.05, 4.69) is 13.8 Å². The predicted octanol–water partition coefficient (Wildman–Crippen LogP) is 4.49. The van der Waals surface area contributed by atoms with Crippen LogP contribution in [-0.2, 0) is 21.5 Å². The zero-order valence-electron chi connectivity index (χ0n) is 18.3. The van der Waals surface area contributed by atoms with Crippen LogP contribution in [0.4, 0.5) is 0 Å². The minimum Gasteiger partial charge on any atom is -0.497 e. The van der Waals surface area contributed by atoms with Gasteiger partial charge in [-0.2, -0.15) is 8.42 Å². The number of hydrogen-bond donors (Lipinski definition) is 0. The first kappa shape index (κ1) is 23.7. The van der Waals surface area contributed by atoms with Crippen molar-refractivity contribution in [3.8, 4) is 11.5 Å². The van der Waals surface area contributed by atoms with Crippen LogP contribution in [0.2, 0.25) is 0 Å². The van der Waals surface area contributed by atoms with Crippen LogP contribution in [0, 0.1) is 11.8 Å². The van der Waals surface area contributed by atoms with Crippen molar-refractivity contribution in [3.63, 3.8) is 0 Å². The Kier molecular flexibility index (Phi) is 8.29. The average Bonchev–Trinajstić information content (AvgIpc) is 2.66. The second-order valence-corrected chi connectivity index (χ2v) is 9.67. The zero-order chi connectivity index (χ0) is 22.3. The van der Waals surface area contributed by atoms with Crippen LogP contribution in [0.1, 0.15) is 39.7 Å². The van der Waals surface area contributed by atoms with Gasteiger partial charge in [-0.3, -0.25) is 4.79 Å². The molecule has 0 unspecified atom stereocenters. The molecule has 0 aliphatic carbocycles. The van der Waals surface area contributed by atoms with E-state index in [0.29, 0.717) is 31.2 Å². The highest BCUT2D eigenvalue weighted by Gasteiger charge is 2.19. The van der Waals surface area contributed by atoms with Crippen LogP contribution in [0.3, 0.4) is 0 Å². The minimum absolute atomic E-state index is 0.0437. The second-order valence-electron chi connectivity index (χ2n) is 8.13. The van der Waals surface area contributed by atoms with Gasteiger partial charge < -0.3 is 13.8 Å². The molecular weight excluding hydrogens is 402 g/mol. The van der Waals surface area contributed by atoms with Crippen LogP contribution in [0.25, 0.3) is 0 Å². The molecule has 0 saturated carbocycles. The van der Waals surface area contributed by atoms with E-state index in [1.807, 2.05) is 24.8 Å². The molecule has 2 aromatic rings. The molecule has 7 heteroatoms. The van der Waals surface area contributed by atoms with Gasteiger partial charge >= 0.3 is 10.1 Å². The Hall–Kier alpha value is -2.54. The molecule has 0 aliphatic heterocycles. The summed E-state index contributed by atoms with van der Waals surface area (Å²) in [6.07, 6.45) is 0.481. The lowest BCUT2D eigenvalue weighted by Crippen LogP contribution is -2.34. The highest BCUT2D eigenvalue weighted by Crippen LogP contribution is 2.23. The molecule has 30 heavy (non-hydrogen) atoms. The third-order valence-corrected chi connectivity index (χ3v) is 5.61. The van der Waals surface area contributed by atoms with Gasteiger partial charge in [-0.15, -0.1) is 0 Å². The fraction of sp³-hybridized carbons (Fsp3) is 0.435. The maximum Gasteiger partial charge on any atom is 0.339 e. The molecule has 1 amide bonds. The van der Waals surface area contributed by atoms with E-state index < -0.39 is 10.1 Å². The molecule has 0 aliphatic rings. The number of benzene rings is 2. The highest BCUT2D eigenvalue weighted by molar-refractivity contribution is 7.87. The third kappa shape index (κ3) is 7.06. The van der Waals surface area contributed by atoms with Gasteiger partial charge in [-0.25, -0.2) is 0 Å². The van der Waals surface area contributed by atoms with Gasteiger partial charge in [0.25, 0.3) is 0 Å². The van der Waals surface area contributed by atoms with Gasteiger partial charge in [0.05, 0.1) is 7.11 Å². The molecule has 164 valence electrons. The molecule has 0 atom stereocenters. The number of carbonyl (C=O) groups excluding carboxylic acids is 1. The van der Waals surface area contributed by atoms with E-state index in [1.165, 1.54) is 19.2 Å². The van der Waals surface area contributed by atoms with Crippen LogP contribution < -0.4 is 8.92 Å². The summed E-state index contributed by atoms with van der Waals surface area (Å²) in [5, 5.41) is 0. The summed E-state index contributed by atoms with van der Waals surface area (Å²) in [4.78, 5) is 14.5. The lowest BCUT2D eigenvalue weighted by Gasteiger charge is -2.26. The van der Waals surface area contributed by atoms with E-state index in [4.69, 9.17) is 8.92 Å². The number of nitrogens with zero attached hydrogens (tertiary/aromatic N) is 1. The van der Waals surface area contributed by atoms with Gasteiger partial charge in [0, 0.05) is 19.5 Å². The molecule has 2 rings (SSSR count). The normalized spacial score (nSPS) is 11.6. The van der Waals surface area contributed by atoms with E-state index in [9.17, 15) is 13.2 Å². The number of carbonyl (C=O) groups is 1. The summed E-state index contributed by atoms with van der Waals surface area (Å²) in [5.74, 6) is 1.47. The molecule has 2 aromatic carbocycles. The molecule has 0 fully saturated rings. The SMILES string of the molecule is COc1ccc(S(=O)(=O)Oc2cccc(CN(CC(C)C)C(=O)CC(C)C)c2)cc1. The Labute approximate surface area is 179 Å². The third-order valence-electron chi connectivity index (χ3n) is 4.35. The van der Waals surface area contributed by atoms with Gasteiger partial charge in [0.1, 0.15) is 16.4 Å². The Morgan fingerprint density at radius 1 is 0.967 bits per heavy atom. The van der Waals surface area contributed by atoms with E-state index in [0.717, 1.165) is 5.56 Å². The van der Waals surface area contributed by atoms with Crippen molar-refractivity contribution in [1.29, 1.82) is 0 Å². The first-order valence-corrected chi connectivity index (χ1v) is 11.5. The molecule has 6 nitrogen and oxygen atoms in total. The molecule has 0 saturated heterocycles. The number of ether oxygens (including phenoxy) is 1. The topological polar surface area (TPSA) is 72.9 Å². The van der Waals surface area contributed by atoms with Crippen LogP contribution in [0.15, 0.2) is 53.4 Å². The molecular formula is C23H31NO5S. The summed E-state index contributed by atoms with van der Waals surface area (Å²) < 4.78 is 35.5. The first-order chi connectivity index (χ1) is 14.1. The van der Waals surface area contributed by atoms with Crippen LogP contribution in [-0.4, -0.2) is 32.9 Å². The Bertz CT molecular complexity index is 936. The molecule has 0 spiro atoms. The largest absolute Gasteiger partial charge is 0.497 e. The number of hydrogen-bond acceptors (Lipinski definition) is 5. The Morgan fingerprint density at radius 3 is 2.20 bits per heavy atom. The summed E-state index contributed by atoms with van der Waals surface area (Å²) in [6, 6.07) is 12.9. The zero-order valence-corrected chi connectivity index (χ0v) is 19.1. The van der Waals surface area contributed by atoms with E-state index in [-0.39, 0.29) is 22.5 Å². The summed E-state index contributed by atoms with van der Waals surface area (Å²) in [6.45, 7) is 9.21. The van der Waals surface area contributed by atoms with Gasteiger partial charge in [-0.05, 0) is 53.8 Å². The quantitative estimate of drug-likeness (QED) is 0.516. The standard InChI is InChI=1S/C23H31NO5S/c1-17(2)13-23(25)24(15-18(3)4)16-19-7-6-8-21(14-19)29-30(26,27)22-11-9-20(28-5)10-12-22/h6-12,14,17-18H,13,15-16H2,1-5H3. The minimum atomic E-state index is -3.97. The summed E-state index contributed by atoms with van der Waals surface area (Å²) in [5.41, 5.74) is 0.815. The van der Waals surface area contributed by atoms with Gasteiger partial charge in [0.15, 0.2) is 0 Å². The number of rotatable bonds is 10. The van der Waals surface area contributed by atoms with Gasteiger partial charge in [0.2, 0.25) is 5.91 Å². The summed E-state index contributed by atoms with van der Waals surface area (Å²) >= 11 is 0. The lowest BCUT2D eigenvalue weighted by atomic mass is 10.1. The molecule has 0 heterocycles. The predicted molar refractivity (Wildman–Crippen MR) is 117 cm³/mol. The maximum atomic E-state index is 12.6. The number of amides is 1. The van der Waals surface area contributed by atoms with Crippen molar-refractivity contribution < 1.29 is 22.1 Å². The van der Waals surface area contributed by atoms with Crippen molar-refractivity contribution in [1.82, 2.24) is 4.90 Å². The fourth-order valence-electron chi connectivity index (χ4n) is 3.01. The summed E-state index contributed by atoms with van der Waals surface area (Å²) in [7, 11) is -2.46. The monoisotopic (exact) mass is 433 g/mol. The molecule has 0 N–H and O–H groups in total. The van der Waals surface area contributed by atoms with Gasteiger partial charge in [-0.1, -0.05) is 39.8 Å². The first-order valence-electron chi connectivity index (χ1n) is 10.1. The van der Waals surface area contributed by atoms with Crippen LogP contribution >= 0.6 is 0 Å². The van der Waals surface area contributed by atoms with Crippen LogP contribution in [0.5, 0.6) is 11.5 Å².